The maximum atomic E-state index is 13.4. The Hall–Kier alpha value is -1.13. The quantitative estimate of drug-likeness (QED) is 0.638. The van der Waals surface area contributed by atoms with Gasteiger partial charge in [0, 0.05) is 5.56 Å². The zero-order chi connectivity index (χ0) is 11.5. The van der Waals surface area contributed by atoms with E-state index in [0.717, 1.165) is 12.1 Å². The molecule has 0 nitrogen and oxygen atoms in total. The zero-order valence-electron chi connectivity index (χ0n) is 7.70. The van der Waals surface area contributed by atoms with Crippen LogP contribution in [0.5, 0.6) is 0 Å². The molecule has 0 atom stereocenters. The van der Waals surface area contributed by atoms with Gasteiger partial charge in [-0.2, -0.15) is 17.6 Å². The van der Waals surface area contributed by atoms with E-state index in [-0.39, 0.29) is 0 Å². The van der Waals surface area contributed by atoms with Crippen LogP contribution in [0, 0.1) is 6.92 Å². The van der Waals surface area contributed by atoms with Gasteiger partial charge in [0.1, 0.15) is 0 Å². The van der Waals surface area contributed by atoms with E-state index in [1.165, 1.54) is 12.1 Å². The fraction of sp³-hybridized carbons (Fsp3) is 0.400. The standard InChI is InChI=1S/C10H7F5/c1-6-2-4-7(5-3-6)8(11)9(12,13)10(8,14)15/h2-5H,1H3. The van der Waals surface area contributed by atoms with Crippen LogP contribution in [0.2, 0.25) is 0 Å². The third-order valence-corrected chi connectivity index (χ3v) is 2.65. The van der Waals surface area contributed by atoms with Crippen LogP contribution < -0.4 is 0 Å². The van der Waals surface area contributed by atoms with E-state index in [2.05, 4.69) is 0 Å². The van der Waals surface area contributed by atoms with Crippen LogP contribution in [0.25, 0.3) is 0 Å². The molecule has 0 saturated heterocycles. The van der Waals surface area contributed by atoms with Crippen molar-refractivity contribution in [3.63, 3.8) is 0 Å². The fourth-order valence-corrected chi connectivity index (χ4v) is 1.53. The predicted molar refractivity (Wildman–Crippen MR) is 43.9 cm³/mol. The Morgan fingerprint density at radius 1 is 0.800 bits per heavy atom. The molecule has 1 saturated carbocycles. The molecule has 1 aliphatic carbocycles. The summed E-state index contributed by atoms with van der Waals surface area (Å²) in [6.07, 6.45) is 0. The highest BCUT2D eigenvalue weighted by Gasteiger charge is 2.99. The Morgan fingerprint density at radius 2 is 1.20 bits per heavy atom. The van der Waals surface area contributed by atoms with E-state index in [9.17, 15) is 22.0 Å². The van der Waals surface area contributed by atoms with Crippen molar-refractivity contribution < 1.29 is 22.0 Å². The Balaban J connectivity index is 2.46. The van der Waals surface area contributed by atoms with E-state index in [4.69, 9.17) is 0 Å². The van der Waals surface area contributed by atoms with Gasteiger partial charge in [-0.15, -0.1) is 0 Å². The SMILES string of the molecule is Cc1ccc(C2(F)C(F)(F)C2(F)F)cc1. The summed E-state index contributed by atoms with van der Waals surface area (Å²) in [7, 11) is 0. The van der Waals surface area contributed by atoms with Gasteiger partial charge >= 0.3 is 11.8 Å². The van der Waals surface area contributed by atoms with Gasteiger partial charge in [-0.25, -0.2) is 4.39 Å². The minimum absolute atomic E-state index is 0.678. The molecule has 0 amide bonds. The lowest BCUT2D eigenvalue weighted by molar-refractivity contribution is -0.0278. The van der Waals surface area contributed by atoms with Crippen molar-refractivity contribution in [1.82, 2.24) is 0 Å². The molecule has 0 aromatic heterocycles. The normalized spacial score (nSPS) is 24.9. The Labute approximate surface area is 82.7 Å². The molecular weight excluding hydrogens is 215 g/mol. The molecular formula is C10H7F5. The molecule has 1 aromatic carbocycles. The minimum atomic E-state index is -4.60. The van der Waals surface area contributed by atoms with Crippen molar-refractivity contribution in [2.24, 2.45) is 0 Å². The van der Waals surface area contributed by atoms with Gasteiger partial charge < -0.3 is 0 Å². The van der Waals surface area contributed by atoms with Crippen LogP contribution >= 0.6 is 0 Å². The lowest BCUT2D eigenvalue weighted by Crippen LogP contribution is -2.10. The van der Waals surface area contributed by atoms with Crippen molar-refractivity contribution in [2.45, 2.75) is 24.4 Å². The maximum absolute atomic E-state index is 13.4. The van der Waals surface area contributed by atoms with Crippen LogP contribution in [-0.2, 0) is 5.67 Å². The summed E-state index contributed by atoms with van der Waals surface area (Å²) in [5.74, 6) is -9.20. The molecule has 1 aliphatic rings. The molecule has 0 unspecified atom stereocenters. The molecule has 82 valence electrons. The van der Waals surface area contributed by atoms with Gasteiger partial charge in [-0.3, -0.25) is 0 Å². The number of hydrogen-bond donors (Lipinski definition) is 0. The molecule has 2 rings (SSSR count). The van der Waals surface area contributed by atoms with Gasteiger partial charge in [-0.1, -0.05) is 29.8 Å². The maximum Gasteiger partial charge on any atom is 0.357 e. The van der Waals surface area contributed by atoms with Gasteiger partial charge in [0.15, 0.2) is 0 Å². The number of hydrogen-bond acceptors (Lipinski definition) is 0. The lowest BCUT2D eigenvalue weighted by Gasteiger charge is -2.05. The second kappa shape index (κ2) is 2.51. The largest absolute Gasteiger partial charge is 0.357 e. The third-order valence-electron chi connectivity index (χ3n) is 2.65. The molecule has 1 aromatic rings. The Bertz CT molecular complexity index is 379. The van der Waals surface area contributed by atoms with Crippen LogP contribution in [-0.4, -0.2) is 11.8 Å². The number of halogens is 5. The fourth-order valence-electron chi connectivity index (χ4n) is 1.53. The first-order chi connectivity index (χ1) is 6.75. The van der Waals surface area contributed by atoms with Gasteiger partial charge in [0.25, 0.3) is 5.67 Å². The third kappa shape index (κ3) is 0.957. The molecule has 0 radical (unpaired) electrons. The highest BCUT2D eigenvalue weighted by molar-refractivity contribution is 5.42. The molecule has 0 heterocycles. The molecule has 5 heteroatoms. The van der Waals surface area contributed by atoms with E-state index < -0.39 is 23.1 Å². The van der Waals surface area contributed by atoms with Gasteiger partial charge in [0.2, 0.25) is 0 Å². The van der Waals surface area contributed by atoms with Crippen LogP contribution in [0.1, 0.15) is 11.1 Å². The summed E-state index contributed by atoms with van der Waals surface area (Å²) in [5, 5.41) is 0. The summed E-state index contributed by atoms with van der Waals surface area (Å²) in [5.41, 5.74) is -3.83. The lowest BCUT2D eigenvalue weighted by atomic mass is 10.1. The van der Waals surface area contributed by atoms with Crippen LogP contribution in [0.3, 0.4) is 0 Å². The molecule has 0 aliphatic heterocycles. The van der Waals surface area contributed by atoms with Gasteiger partial charge in [-0.05, 0) is 6.92 Å². The van der Waals surface area contributed by atoms with Gasteiger partial charge in [0.05, 0.1) is 0 Å². The van der Waals surface area contributed by atoms with E-state index in [1.54, 1.807) is 6.92 Å². The van der Waals surface area contributed by atoms with Crippen molar-refractivity contribution >= 4 is 0 Å². The summed E-state index contributed by atoms with van der Waals surface area (Å²) in [6.45, 7) is 1.65. The molecule has 15 heavy (non-hydrogen) atoms. The number of alkyl halides is 5. The molecule has 0 spiro atoms. The number of benzene rings is 1. The predicted octanol–water partition coefficient (Wildman–Crippen LogP) is 3.44. The summed E-state index contributed by atoms with van der Waals surface area (Å²) >= 11 is 0. The number of aryl methyl sites for hydroxylation is 1. The van der Waals surface area contributed by atoms with Crippen LogP contribution in [0.15, 0.2) is 24.3 Å². The first-order valence-electron chi connectivity index (χ1n) is 4.27. The topological polar surface area (TPSA) is 0 Å². The summed E-state index contributed by atoms with van der Waals surface area (Å²) in [6, 6.07) is 4.57. The molecule has 0 bridgehead atoms. The smallest absolute Gasteiger partial charge is 0.225 e. The van der Waals surface area contributed by atoms with Crippen molar-refractivity contribution in [3.05, 3.63) is 35.4 Å². The molecule has 0 N–H and O–H groups in total. The van der Waals surface area contributed by atoms with E-state index in [0.29, 0.717) is 5.56 Å². The highest BCUT2D eigenvalue weighted by atomic mass is 19.3. The molecule has 1 fully saturated rings. The number of rotatable bonds is 1. The van der Waals surface area contributed by atoms with Crippen LogP contribution in [0.4, 0.5) is 22.0 Å². The van der Waals surface area contributed by atoms with E-state index in [1.807, 2.05) is 0 Å². The Kier molecular flexibility index (Phi) is 1.74. The summed E-state index contributed by atoms with van der Waals surface area (Å²) < 4.78 is 63.9. The van der Waals surface area contributed by atoms with E-state index >= 15 is 0 Å². The minimum Gasteiger partial charge on any atom is -0.225 e. The average molecular weight is 222 g/mol. The first-order valence-corrected chi connectivity index (χ1v) is 4.27. The Morgan fingerprint density at radius 3 is 1.53 bits per heavy atom. The zero-order valence-corrected chi connectivity index (χ0v) is 7.70. The highest BCUT2D eigenvalue weighted by Crippen LogP contribution is 2.73. The average Bonchev–Trinajstić information content (AvgIpc) is 2.46. The second-order valence-electron chi connectivity index (χ2n) is 3.67. The summed E-state index contributed by atoms with van der Waals surface area (Å²) in [4.78, 5) is 0. The van der Waals surface area contributed by atoms with Crippen molar-refractivity contribution in [1.29, 1.82) is 0 Å². The second-order valence-corrected chi connectivity index (χ2v) is 3.67. The van der Waals surface area contributed by atoms with Crippen molar-refractivity contribution in [2.75, 3.05) is 0 Å². The van der Waals surface area contributed by atoms with Crippen molar-refractivity contribution in [3.8, 4) is 0 Å². The first kappa shape index (κ1) is 10.4. The monoisotopic (exact) mass is 222 g/mol.